The van der Waals surface area contributed by atoms with Crippen molar-refractivity contribution in [2.75, 3.05) is 19.7 Å². The van der Waals surface area contributed by atoms with Crippen LogP contribution < -0.4 is 5.32 Å². The summed E-state index contributed by atoms with van der Waals surface area (Å²) < 4.78 is 0. The summed E-state index contributed by atoms with van der Waals surface area (Å²) in [4.78, 5) is 24.6. The maximum absolute atomic E-state index is 11.8. The summed E-state index contributed by atoms with van der Waals surface area (Å²) in [5, 5.41) is 19.4. The molecular weight excluding hydrogens is 222 g/mol. The molecule has 0 aromatic rings. The smallest absolute Gasteiger partial charge is 0.312 e. The molecular formula is C11H19N3O3. The summed E-state index contributed by atoms with van der Waals surface area (Å²) in [6.45, 7) is 3.58. The third kappa shape index (κ3) is 4.83. The molecule has 0 aromatic heterocycles. The lowest BCUT2D eigenvalue weighted by molar-refractivity contribution is -0.147. The van der Waals surface area contributed by atoms with E-state index in [1.54, 1.807) is 6.07 Å². The van der Waals surface area contributed by atoms with Gasteiger partial charge < -0.3 is 15.3 Å². The van der Waals surface area contributed by atoms with Gasteiger partial charge in [0.05, 0.1) is 12.7 Å². The summed E-state index contributed by atoms with van der Waals surface area (Å²) in [5.74, 6) is -1.49. The van der Waals surface area contributed by atoms with Crippen molar-refractivity contribution in [2.24, 2.45) is 0 Å². The Morgan fingerprint density at radius 3 is 2.41 bits per heavy atom. The molecule has 0 saturated heterocycles. The number of carbonyl (C=O) groups excluding carboxylic acids is 2. The van der Waals surface area contributed by atoms with Crippen molar-refractivity contribution in [2.45, 2.75) is 32.7 Å². The number of nitrogens with zero attached hydrogens (tertiary/aromatic N) is 2. The van der Waals surface area contributed by atoms with Crippen LogP contribution >= 0.6 is 0 Å². The van der Waals surface area contributed by atoms with E-state index < -0.39 is 11.8 Å². The number of nitrogens with one attached hydrogen (secondary N) is 1. The fourth-order valence-corrected chi connectivity index (χ4v) is 1.61. The van der Waals surface area contributed by atoms with Crippen LogP contribution in [-0.2, 0) is 9.59 Å². The van der Waals surface area contributed by atoms with Crippen molar-refractivity contribution in [3.63, 3.8) is 0 Å². The van der Waals surface area contributed by atoms with Crippen molar-refractivity contribution in [3.8, 4) is 6.07 Å². The number of aliphatic hydroxyl groups excluding tert-OH is 1. The zero-order chi connectivity index (χ0) is 13.3. The van der Waals surface area contributed by atoms with Gasteiger partial charge >= 0.3 is 11.8 Å². The number of rotatable bonds is 6. The van der Waals surface area contributed by atoms with Crippen molar-refractivity contribution >= 4 is 11.8 Å². The summed E-state index contributed by atoms with van der Waals surface area (Å²) in [5.41, 5.74) is 0. The zero-order valence-corrected chi connectivity index (χ0v) is 10.3. The minimum Gasteiger partial charge on any atom is -0.395 e. The molecule has 0 radical (unpaired) electrons. The van der Waals surface area contributed by atoms with Gasteiger partial charge in [0.25, 0.3) is 0 Å². The molecule has 0 bridgehead atoms. The van der Waals surface area contributed by atoms with Gasteiger partial charge in [0.1, 0.15) is 6.54 Å². The van der Waals surface area contributed by atoms with Crippen LogP contribution in [0.25, 0.3) is 0 Å². The molecule has 0 heterocycles. The third-order valence-corrected chi connectivity index (χ3v) is 2.51. The molecule has 0 aliphatic heterocycles. The molecule has 2 amide bonds. The molecule has 0 aliphatic carbocycles. The first kappa shape index (κ1) is 15.4. The van der Waals surface area contributed by atoms with Crippen LogP contribution in [0.3, 0.4) is 0 Å². The van der Waals surface area contributed by atoms with E-state index in [1.807, 2.05) is 13.8 Å². The van der Waals surface area contributed by atoms with Gasteiger partial charge in [-0.25, -0.2) is 0 Å². The van der Waals surface area contributed by atoms with Gasteiger partial charge in [0.2, 0.25) is 0 Å². The Morgan fingerprint density at radius 1 is 1.41 bits per heavy atom. The van der Waals surface area contributed by atoms with E-state index >= 15 is 0 Å². The Bertz CT molecular complexity index is 295. The van der Waals surface area contributed by atoms with Crippen LogP contribution in [0.5, 0.6) is 0 Å². The molecule has 0 rings (SSSR count). The van der Waals surface area contributed by atoms with Crippen molar-refractivity contribution in [1.82, 2.24) is 10.2 Å². The predicted molar refractivity (Wildman–Crippen MR) is 61.8 cm³/mol. The molecule has 6 nitrogen and oxygen atoms in total. The highest BCUT2D eigenvalue weighted by Crippen LogP contribution is 2.08. The maximum atomic E-state index is 11.8. The van der Waals surface area contributed by atoms with Crippen molar-refractivity contribution in [3.05, 3.63) is 0 Å². The molecule has 0 fully saturated rings. The van der Waals surface area contributed by atoms with E-state index in [0.29, 0.717) is 12.8 Å². The minimum absolute atomic E-state index is 0.0671. The van der Waals surface area contributed by atoms with Gasteiger partial charge in [-0.15, -0.1) is 0 Å². The maximum Gasteiger partial charge on any atom is 0.312 e. The molecule has 6 heteroatoms. The topological polar surface area (TPSA) is 93.4 Å². The average Bonchev–Trinajstić information content (AvgIpc) is 2.35. The number of carbonyl (C=O) groups is 2. The fraction of sp³-hybridized carbons (Fsp3) is 0.727. The van der Waals surface area contributed by atoms with Gasteiger partial charge in [-0.1, -0.05) is 13.8 Å². The Morgan fingerprint density at radius 2 is 2.00 bits per heavy atom. The van der Waals surface area contributed by atoms with E-state index in [4.69, 9.17) is 10.4 Å². The van der Waals surface area contributed by atoms with E-state index in [9.17, 15) is 9.59 Å². The normalized spacial score (nSPS) is 9.82. The largest absolute Gasteiger partial charge is 0.395 e. The predicted octanol–water partition coefficient (Wildman–Crippen LogP) is -0.364. The lowest BCUT2D eigenvalue weighted by Crippen LogP contribution is -2.48. The molecule has 17 heavy (non-hydrogen) atoms. The second kappa shape index (κ2) is 8.53. The zero-order valence-electron chi connectivity index (χ0n) is 10.3. The first-order chi connectivity index (χ1) is 8.12. The van der Waals surface area contributed by atoms with E-state index in [1.165, 1.54) is 4.90 Å². The fourth-order valence-electron chi connectivity index (χ4n) is 1.61. The first-order valence-corrected chi connectivity index (χ1v) is 5.68. The Kier molecular flexibility index (Phi) is 7.72. The molecule has 0 aromatic carbocycles. The molecule has 0 unspecified atom stereocenters. The molecule has 0 spiro atoms. The number of aliphatic hydroxyl groups is 1. The number of amides is 2. The second-order valence-electron chi connectivity index (χ2n) is 3.53. The van der Waals surface area contributed by atoms with E-state index in [2.05, 4.69) is 5.32 Å². The van der Waals surface area contributed by atoms with Crippen LogP contribution in [0.1, 0.15) is 26.7 Å². The third-order valence-electron chi connectivity index (χ3n) is 2.51. The van der Waals surface area contributed by atoms with Crippen LogP contribution in [-0.4, -0.2) is 47.6 Å². The van der Waals surface area contributed by atoms with Crippen molar-refractivity contribution in [1.29, 1.82) is 5.26 Å². The van der Waals surface area contributed by atoms with Crippen LogP contribution in [0.15, 0.2) is 0 Å². The molecule has 96 valence electrons. The quantitative estimate of drug-likeness (QED) is 0.490. The lowest BCUT2D eigenvalue weighted by atomic mass is 10.1. The second-order valence-corrected chi connectivity index (χ2v) is 3.53. The molecule has 0 saturated carbocycles. The SMILES string of the molecule is CCC(CC)N(CCO)C(=O)C(=O)NCC#N. The summed E-state index contributed by atoms with van der Waals surface area (Å²) >= 11 is 0. The van der Waals surface area contributed by atoms with E-state index in [-0.39, 0.29) is 25.7 Å². The lowest BCUT2D eigenvalue weighted by Gasteiger charge is -2.29. The highest BCUT2D eigenvalue weighted by molar-refractivity contribution is 6.35. The number of hydrogen-bond acceptors (Lipinski definition) is 4. The Balaban J connectivity index is 4.63. The monoisotopic (exact) mass is 241 g/mol. The van der Waals surface area contributed by atoms with Crippen LogP contribution in [0.2, 0.25) is 0 Å². The highest BCUT2D eigenvalue weighted by Gasteiger charge is 2.25. The average molecular weight is 241 g/mol. The molecule has 0 atom stereocenters. The highest BCUT2D eigenvalue weighted by atomic mass is 16.3. The number of hydrogen-bond donors (Lipinski definition) is 2. The summed E-state index contributed by atoms with van der Waals surface area (Å²) in [6, 6.07) is 1.66. The van der Waals surface area contributed by atoms with Gasteiger partial charge in [-0.05, 0) is 12.8 Å². The van der Waals surface area contributed by atoms with Crippen molar-refractivity contribution < 1.29 is 14.7 Å². The summed E-state index contributed by atoms with van der Waals surface area (Å²) in [6.07, 6.45) is 1.43. The Labute approximate surface area is 101 Å². The first-order valence-electron chi connectivity index (χ1n) is 5.68. The van der Waals surface area contributed by atoms with E-state index in [0.717, 1.165) is 0 Å². The Hall–Kier alpha value is -1.61. The summed E-state index contributed by atoms with van der Waals surface area (Å²) in [7, 11) is 0. The van der Waals surface area contributed by atoms with Gasteiger partial charge in [-0.3, -0.25) is 9.59 Å². The van der Waals surface area contributed by atoms with Gasteiger partial charge in [0.15, 0.2) is 0 Å². The van der Waals surface area contributed by atoms with Crippen LogP contribution in [0, 0.1) is 11.3 Å². The number of nitriles is 1. The standard InChI is InChI=1S/C11H19N3O3/c1-3-9(4-2)14(7-8-15)11(17)10(16)13-6-5-12/h9,15H,3-4,6-8H2,1-2H3,(H,13,16). The van der Waals surface area contributed by atoms with Crippen LogP contribution in [0.4, 0.5) is 0 Å². The van der Waals surface area contributed by atoms with Gasteiger partial charge in [0, 0.05) is 12.6 Å². The molecule has 0 aliphatic rings. The molecule has 2 N–H and O–H groups in total. The minimum atomic E-state index is -0.799. The van der Waals surface area contributed by atoms with Gasteiger partial charge in [-0.2, -0.15) is 5.26 Å².